The van der Waals surface area contributed by atoms with Crippen LogP contribution in [0.15, 0.2) is 48.5 Å². The maximum atomic E-state index is 12.5. The lowest BCUT2D eigenvalue weighted by Gasteiger charge is -2.37. The highest BCUT2D eigenvalue weighted by atomic mass is 16.3. The van der Waals surface area contributed by atoms with Crippen LogP contribution in [0, 0.1) is 0 Å². The summed E-state index contributed by atoms with van der Waals surface area (Å²) in [4.78, 5) is 30.4. The van der Waals surface area contributed by atoms with Crippen LogP contribution in [0.3, 0.4) is 0 Å². The molecule has 2 saturated heterocycles. The largest absolute Gasteiger partial charge is 0.506 e. The van der Waals surface area contributed by atoms with Gasteiger partial charge in [-0.3, -0.25) is 4.79 Å². The standard InChI is InChI=1S/C27H37N11O2/c28-17-9-18(29)13-37(12-17)26-34-25(35-27(36-26)38-14-19(30)10-20(31)15-38)32-21-6-7-22(23(39)11-21)33-24(40)8-16-4-2-1-3-5-16/h1-7,11,17-20,39H,8-10,12-15,28-31H2,(H,33,40)(H,32,34,35,36). The Bertz CT molecular complexity index is 1260. The lowest BCUT2D eigenvalue weighted by Crippen LogP contribution is -2.54. The molecule has 0 bridgehead atoms. The molecule has 5 rings (SSSR count). The van der Waals surface area contributed by atoms with E-state index in [4.69, 9.17) is 27.9 Å². The van der Waals surface area contributed by atoms with Gasteiger partial charge in [0.15, 0.2) is 0 Å². The quantitative estimate of drug-likeness (QED) is 0.198. The molecule has 13 nitrogen and oxygen atoms in total. The molecule has 0 aliphatic carbocycles. The molecule has 0 saturated carbocycles. The molecule has 1 aromatic heterocycles. The Morgan fingerprint density at radius 1 is 0.825 bits per heavy atom. The fourth-order valence-corrected chi connectivity index (χ4v) is 5.20. The van der Waals surface area contributed by atoms with Crippen molar-refractivity contribution < 1.29 is 9.90 Å². The van der Waals surface area contributed by atoms with Crippen molar-refractivity contribution in [3.05, 3.63) is 54.1 Å². The number of amides is 1. The van der Waals surface area contributed by atoms with E-state index in [0.29, 0.717) is 49.5 Å². The lowest BCUT2D eigenvalue weighted by molar-refractivity contribution is -0.115. The van der Waals surface area contributed by atoms with Crippen LogP contribution in [-0.2, 0) is 11.2 Å². The molecule has 40 heavy (non-hydrogen) atoms. The van der Waals surface area contributed by atoms with E-state index in [0.717, 1.165) is 18.4 Å². The number of anilines is 5. The van der Waals surface area contributed by atoms with E-state index in [-0.39, 0.29) is 48.2 Å². The number of nitrogens with one attached hydrogen (secondary N) is 2. The third-order valence-corrected chi connectivity index (χ3v) is 6.94. The molecule has 2 fully saturated rings. The predicted molar refractivity (Wildman–Crippen MR) is 156 cm³/mol. The zero-order chi connectivity index (χ0) is 28.2. The highest BCUT2D eigenvalue weighted by Gasteiger charge is 2.28. The van der Waals surface area contributed by atoms with Crippen molar-refractivity contribution in [1.82, 2.24) is 15.0 Å². The van der Waals surface area contributed by atoms with Crippen molar-refractivity contribution in [3.8, 4) is 5.75 Å². The number of phenolic OH excluding ortho intramolecular Hbond substituents is 1. The monoisotopic (exact) mass is 547 g/mol. The number of hydrogen-bond donors (Lipinski definition) is 7. The first-order valence-electron chi connectivity index (χ1n) is 13.4. The van der Waals surface area contributed by atoms with Crippen molar-refractivity contribution in [3.63, 3.8) is 0 Å². The number of nitrogens with zero attached hydrogens (tertiary/aromatic N) is 5. The van der Waals surface area contributed by atoms with Gasteiger partial charge < -0.3 is 48.5 Å². The summed E-state index contributed by atoms with van der Waals surface area (Å²) in [6, 6.07) is 13.8. The molecule has 2 aliphatic rings. The first-order valence-corrected chi connectivity index (χ1v) is 13.4. The topological polar surface area (TPSA) is 211 Å². The number of carbonyl (C=O) groups excluding carboxylic acids is 1. The second kappa shape index (κ2) is 12.0. The third-order valence-electron chi connectivity index (χ3n) is 6.94. The Morgan fingerprint density at radius 2 is 1.38 bits per heavy atom. The number of hydrogen-bond acceptors (Lipinski definition) is 12. The van der Waals surface area contributed by atoms with Gasteiger partial charge in [-0.15, -0.1) is 0 Å². The Hall–Kier alpha value is -4.04. The number of carbonyl (C=O) groups is 1. The Morgan fingerprint density at radius 3 is 1.90 bits per heavy atom. The first kappa shape index (κ1) is 27.5. The summed E-state index contributed by atoms with van der Waals surface area (Å²) in [6.07, 6.45) is 1.65. The van der Waals surface area contributed by atoms with Crippen LogP contribution < -0.4 is 43.4 Å². The predicted octanol–water partition coefficient (Wildman–Crippen LogP) is 0.231. The highest BCUT2D eigenvalue weighted by molar-refractivity contribution is 5.94. The van der Waals surface area contributed by atoms with Gasteiger partial charge in [0.25, 0.3) is 0 Å². The molecule has 2 aromatic carbocycles. The normalized spacial score (nSPS) is 23.1. The molecule has 3 aromatic rings. The molecule has 3 heterocycles. The van der Waals surface area contributed by atoms with Crippen LogP contribution in [0.1, 0.15) is 18.4 Å². The smallest absolute Gasteiger partial charge is 0.233 e. The fourth-order valence-electron chi connectivity index (χ4n) is 5.20. The van der Waals surface area contributed by atoms with Gasteiger partial charge in [0.2, 0.25) is 23.8 Å². The van der Waals surface area contributed by atoms with Crippen molar-refractivity contribution >= 4 is 35.1 Å². The second-order valence-corrected chi connectivity index (χ2v) is 10.6. The minimum absolute atomic E-state index is 0.0955. The van der Waals surface area contributed by atoms with Gasteiger partial charge in [-0.1, -0.05) is 30.3 Å². The van der Waals surface area contributed by atoms with Gasteiger partial charge >= 0.3 is 0 Å². The molecule has 4 atom stereocenters. The van der Waals surface area contributed by atoms with Crippen LogP contribution in [0.5, 0.6) is 5.75 Å². The van der Waals surface area contributed by atoms with Gasteiger partial charge in [-0.2, -0.15) is 15.0 Å². The average Bonchev–Trinajstić information content (AvgIpc) is 2.89. The highest BCUT2D eigenvalue weighted by Crippen LogP contribution is 2.29. The molecule has 0 spiro atoms. The molecule has 2 aliphatic heterocycles. The molecule has 212 valence electrons. The van der Waals surface area contributed by atoms with E-state index in [1.807, 2.05) is 40.1 Å². The summed E-state index contributed by atoms with van der Waals surface area (Å²) in [7, 11) is 0. The van der Waals surface area contributed by atoms with Gasteiger partial charge in [0, 0.05) is 62.1 Å². The fraction of sp³-hybridized carbons (Fsp3) is 0.407. The number of aromatic hydroxyl groups is 1. The Kier molecular flexibility index (Phi) is 8.26. The minimum Gasteiger partial charge on any atom is -0.506 e. The van der Waals surface area contributed by atoms with E-state index < -0.39 is 0 Å². The maximum absolute atomic E-state index is 12.5. The van der Waals surface area contributed by atoms with Crippen molar-refractivity contribution in [2.45, 2.75) is 43.4 Å². The van der Waals surface area contributed by atoms with E-state index in [1.165, 1.54) is 6.07 Å². The van der Waals surface area contributed by atoms with Crippen molar-refractivity contribution in [2.75, 3.05) is 46.6 Å². The molecule has 0 radical (unpaired) electrons. The summed E-state index contributed by atoms with van der Waals surface area (Å²) in [5.74, 6) is 0.840. The Labute approximate surface area is 233 Å². The van der Waals surface area contributed by atoms with Crippen LogP contribution in [0.2, 0.25) is 0 Å². The number of phenols is 1. The molecule has 4 unspecified atom stereocenters. The molecule has 1 amide bonds. The number of nitrogens with two attached hydrogens (primary N) is 4. The number of rotatable bonds is 7. The minimum atomic E-state index is -0.232. The van der Waals surface area contributed by atoms with Crippen molar-refractivity contribution in [2.24, 2.45) is 22.9 Å². The maximum Gasteiger partial charge on any atom is 0.233 e. The summed E-state index contributed by atoms with van der Waals surface area (Å²) in [6.45, 7) is 2.25. The van der Waals surface area contributed by atoms with E-state index in [1.54, 1.807) is 12.1 Å². The number of piperidine rings is 2. The third kappa shape index (κ3) is 6.93. The zero-order valence-corrected chi connectivity index (χ0v) is 22.3. The summed E-state index contributed by atoms with van der Waals surface area (Å²) >= 11 is 0. The summed E-state index contributed by atoms with van der Waals surface area (Å²) in [5, 5.41) is 16.5. The van der Waals surface area contributed by atoms with E-state index >= 15 is 0 Å². The Balaban J connectivity index is 1.36. The number of benzene rings is 2. The van der Waals surface area contributed by atoms with Gasteiger partial charge in [-0.05, 0) is 30.5 Å². The van der Waals surface area contributed by atoms with Crippen LogP contribution in [0.25, 0.3) is 0 Å². The summed E-state index contributed by atoms with van der Waals surface area (Å²) in [5.41, 5.74) is 26.6. The van der Waals surface area contributed by atoms with Crippen molar-refractivity contribution in [1.29, 1.82) is 0 Å². The molecular formula is C27H37N11O2. The van der Waals surface area contributed by atoms with Gasteiger partial charge in [0.05, 0.1) is 12.1 Å². The van der Waals surface area contributed by atoms with Crippen LogP contribution in [0.4, 0.5) is 29.2 Å². The van der Waals surface area contributed by atoms with Gasteiger partial charge in [-0.25, -0.2) is 0 Å². The van der Waals surface area contributed by atoms with Crippen LogP contribution in [-0.4, -0.2) is 76.3 Å². The van der Waals surface area contributed by atoms with E-state index in [9.17, 15) is 9.90 Å². The molecule has 11 N–H and O–H groups in total. The molecular weight excluding hydrogens is 510 g/mol. The van der Waals surface area contributed by atoms with Gasteiger partial charge in [0.1, 0.15) is 5.75 Å². The SMILES string of the molecule is NC1CC(N)CN(c2nc(Nc3ccc(NC(=O)Cc4ccccc4)c(O)c3)nc(N3CC(N)CC(N)C3)n2)C1. The van der Waals surface area contributed by atoms with Crippen LogP contribution >= 0.6 is 0 Å². The lowest BCUT2D eigenvalue weighted by atomic mass is 10.0. The number of aromatic nitrogens is 3. The molecule has 13 heteroatoms. The average molecular weight is 548 g/mol. The summed E-state index contributed by atoms with van der Waals surface area (Å²) < 4.78 is 0. The first-order chi connectivity index (χ1) is 19.2. The second-order valence-electron chi connectivity index (χ2n) is 10.6. The zero-order valence-electron chi connectivity index (χ0n) is 22.3. The van der Waals surface area contributed by atoms with E-state index in [2.05, 4.69) is 20.6 Å².